The maximum absolute atomic E-state index is 12.9. The third-order valence-corrected chi connectivity index (χ3v) is 5.32. The molecule has 0 aliphatic heterocycles. The van der Waals surface area contributed by atoms with Gasteiger partial charge in [-0.15, -0.1) is 0 Å². The molecule has 2 aromatic carbocycles. The van der Waals surface area contributed by atoms with Crippen LogP contribution in [0.4, 0.5) is 10.5 Å². The Kier molecular flexibility index (Phi) is 8.06. The molecule has 0 saturated heterocycles. The molecule has 0 fully saturated rings. The summed E-state index contributed by atoms with van der Waals surface area (Å²) in [4.78, 5) is 19.1. The first-order valence-corrected chi connectivity index (χ1v) is 11.1. The van der Waals surface area contributed by atoms with E-state index in [-0.39, 0.29) is 6.03 Å². The Morgan fingerprint density at radius 3 is 2.45 bits per heavy atom. The molecule has 6 nitrogen and oxygen atoms in total. The summed E-state index contributed by atoms with van der Waals surface area (Å²) >= 11 is 5.93. The number of carbonyl (C=O) groups is 1. The predicted molar refractivity (Wildman–Crippen MR) is 124 cm³/mol. The van der Waals surface area contributed by atoms with Gasteiger partial charge in [0.05, 0.1) is 0 Å². The number of nitrogens with one attached hydrogen (secondary N) is 1. The van der Waals surface area contributed by atoms with Gasteiger partial charge in [-0.3, -0.25) is 0 Å². The van der Waals surface area contributed by atoms with Crippen LogP contribution < -0.4 is 5.32 Å². The molecule has 31 heavy (non-hydrogen) atoms. The smallest absolute Gasteiger partial charge is 0.321 e. The van der Waals surface area contributed by atoms with Crippen molar-refractivity contribution in [3.63, 3.8) is 0 Å². The minimum Gasteiger partial charge on any atom is -0.339 e. The Balaban J connectivity index is 1.61. The van der Waals surface area contributed by atoms with Gasteiger partial charge in [-0.2, -0.15) is 4.98 Å². The molecule has 0 spiro atoms. The fourth-order valence-electron chi connectivity index (χ4n) is 3.12. The van der Waals surface area contributed by atoms with Crippen molar-refractivity contribution in [2.45, 2.75) is 46.0 Å². The van der Waals surface area contributed by atoms with Crippen molar-refractivity contribution in [2.75, 3.05) is 18.4 Å². The summed E-state index contributed by atoms with van der Waals surface area (Å²) in [6.07, 6.45) is 2.43. The van der Waals surface area contributed by atoms with E-state index in [0.29, 0.717) is 42.2 Å². The number of unbranched alkanes of at least 4 members (excludes halogenated alkanes) is 1. The van der Waals surface area contributed by atoms with Gasteiger partial charge in [-0.1, -0.05) is 56.1 Å². The monoisotopic (exact) mass is 440 g/mol. The molecule has 164 valence electrons. The van der Waals surface area contributed by atoms with E-state index in [0.717, 1.165) is 24.1 Å². The van der Waals surface area contributed by atoms with Gasteiger partial charge in [0.15, 0.2) is 0 Å². The van der Waals surface area contributed by atoms with E-state index in [1.54, 1.807) is 17.0 Å². The van der Waals surface area contributed by atoms with Crippen LogP contribution in [0.15, 0.2) is 53.1 Å². The maximum atomic E-state index is 12.9. The number of urea groups is 1. The molecular formula is C24H29ClN4O2. The normalized spacial score (nSPS) is 11.0. The van der Waals surface area contributed by atoms with Gasteiger partial charge in [0.1, 0.15) is 0 Å². The molecule has 0 bridgehead atoms. The number of benzene rings is 2. The van der Waals surface area contributed by atoms with Gasteiger partial charge >= 0.3 is 6.03 Å². The number of amides is 2. The van der Waals surface area contributed by atoms with Crippen LogP contribution in [0, 0.1) is 0 Å². The predicted octanol–water partition coefficient (Wildman–Crippen LogP) is 6.39. The lowest BCUT2D eigenvalue weighted by atomic mass is 10.0. The molecule has 3 aromatic rings. The Bertz CT molecular complexity index is 968. The topological polar surface area (TPSA) is 71.3 Å². The SMILES string of the molecule is CCCCN(CCc1nc(-c2ccc(Cl)cc2)no1)C(=O)Nc1ccc(C(C)C)cc1. The van der Waals surface area contributed by atoms with Crippen molar-refractivity contribution in [3.8, 4) is 11.4 Å². The van der Waals surface area contributed by atoms with Crippen molar-refractivity contribution in [2.24, 2.45) is 0 Å². The molecule has 0 aliphatic rings. The zero-order chi connectivity index (χ0) is 22.2. The highest BCUT2D eigenvalue weighted by atomic mass is 35.5. The van der Waals surface area contributed by atoms with E-state index in [4.69, 9.17) is 16.1 Å². The van der Waals surface area contributed by atoms with Gasteiger partial charge in [0.25, 0.3) is 0 Å². The van der Waals surface area contributed by atoms with Crippen molar-refractivity contribution in [1.82, 2.24) is 15.0 Å². The number of rotatable bonds is 9. The first-order chi connectivity index (χ1) is 15.0. The molecule has 0 aliphatic carbocycles. The quantitative estimate of drug-likeness (QED) is 0.418. The van der Waals surface area contributed by atoms with Crippen LogP contribution in [-0.4, -0.2) is 34.2 Å². The summed E-state index contributed by atoms with van der Waals surface area (Å²) in [5.41, 5.74) is 2.87. The van der Waals surface area contributed by atoms with E-state index < -0.39 is 0 Å². The Hall–Kier alpha value is -2.86. The highest BCUT2D eigenvalue weighted by Gasteiger charge is 2.16. The number of aromatic nitrogens is 2. The highest BCUT2D eigenvalue weighted by Crippen LogP contribution is 2.20. The number of carbonyl (C=O) groups excluding carboxylic acids is 1. The van der Waals surface area contributed by atoms with Crippen LogP contribution in [-0.2, 0) is 6.42 Å². The van der Waals surface area contributed by atoms with Crippen molar-refractivity contribution >= 4 is 23.3 Å². The lowest BCUT2D eigenvalue weighted by molar-refractivity contribution is 0.209. The minimum atomic E-state index is -0.122. The number of nitrogens with zero attached hydrogens (tertiary/aromatic N) is 3. The van der Waals surface area contributed by atoms with Gasteiger partial charge in [-0.25, -0.2) is 4.79 Å². The van der Waals surface area contributed by atoms with E-state index in [2.05, 4.69) is 36.2 Å². The van der Waals surface area contributed by atoms with E-state index >= 15 is 0 Å². The molecule has 1 aromatic heterocycles. The van der Waals surface area contributed by atoms with E-state index in [1.807, 2.05) is 36.4 Å². The Labute approximate surface area is 188 Å². The second kappa shape index (κ2) is 11.0. The maximum Gasteiger partial charge on any atom is 0.321 e. The molecule has 7 heteroatoms. The molecule has 0 radical (unpaired) electrons. The fraction of sp³-hybridized carbons (Fsp3) is 0.375. The van der Waals surface area contributed by atoms with Crippen molar-refractivity contribution in [1.29, 1.82) is 0 Å². The lowest BCUT2D eigenvalue weighted by Crippen LogP contribution is -2.37. The summed E-state index contributed by atoms with van der Waals surface area (Å²) in [7, 11) is 0. The molecule has 0 atom stereocenters. The average Bonchev–Trinajstić information content (AvgIpc) is 3.23. The minimum absolute atomic E-state index is 0.122. The van der Waals surface area contributed by atoms with Crippen LogP contribution in [0.1, 0.15) is 51.0 Å². The first-order valence-electron chi connectivity index (χ1n) is 10.7. The van der Waals surface area contributed by atoms with Gasteiger partial charge in [0, 0.05) is 35.8 Å². The van der Waals surface area contributed by atoms with Gasteiger partial charge in [0.2, 0.25) is 11.7 Å². The summed E-state index contributed by atoms with van der Waals surface area (Å²) in [5.74, 6) is 1.47. The van der Waals surface area contributed by atoms with Gasteiger partial charge in [-0.05, 0) is 54.3 Å². The van der Waals surface area contributed by atoms with Crippen molar-refractivity contribution in [3.05, 3.63) is 65.0 Å². The molecule has 0 saturated carbocycles. The van der Waals surface area contributed by atoms with Gasteiger partial charge < -0.3 is 14.7 Å². The zero-order valence-electron chi connectivity index (χ0n) is 18.3. The third kappa shape index (κ3) is 6.56. The summed E-state index contributed by atoms with van der Waals surface area (Å²) in [6.45, 7) is 7.58. The van der Waals surface area contributed by atoms with Crippen LogP contribution in [0.2, 0.25) is 5.02 Å². The largest absolute Gasteiger partial charge is 0.339 e. The first kappa shape index (κ1) is 22.8. The van der Waals surface area contributed by atoms with Crippen LogP contribution in [0.25, 0.3) is 11.4 Å². The molecule has 0 unspecified atom stereocenters. The van der Waals surface area contributed by atoms with Crippen LogP contribution in [0.3, 0.4) is 0 Å². The summed E-state index contributed by atoms with van der Waals surface area (Å²) in [6, 6.07) is 15.1. The fourth-order valence-corrected chi connectivity index (χ4v) is 3.25. The lowest BCUT2D eigenvalue weighted by Gasteiger charge is -2.22. The number of halogens is 1. The molecule has 3 rings (SSSR count). The Morgan fingerprint density at radius 1 is 1.10 bits per heavy atom. The standard InChI is InChI=1S/C24H29ClN4O2/c1-4-5-15-29(24(30)26-21-12-8-18(9-13-21)17(2)3)16-14-22-27-23(28-31-22)19-6-10-20(25)11-7-19/h6-13,17H,4-5,14-16H2,1-3H3,(H,26,30). The zero-order valence-corrected chi connectivity index (χ0v) is 19.0. The van der Waals surface area contributed by atoms with Crippen LogP contribution >= 0.6 is 11.6 Å². The second-order valence-electron chi connectivity index (χ2n) is 7.82. The van der Waals surface area contributed by atoms with Crippen LogP contribution in [0.5, 0.6) is 0 Å². The molecule has 1 heterocycles. The molecule has 1 N–H and O–H groups in total. The third-order valence-electron chi connectivity index (χ3n) is 5.06. The second-order valence-corrected chi connectivity index (χ2v) is 8.25. The number of hydrogen-bond acceptors (Lipinski definition) is 4. The Morgan fingerprint density at radius 2 is 1.81 bits per heavy atom. The van der Waals surface area contributed by atoms with E-state index in [1.165, 1.54) is 5.56 Å². The molecule has 2 amide bonds. The highest BCUT2D eigenvalue weighted by molar-refractivity contribution is 6.30. The number of hydrogen-bond donors (Lipinski definition) is 1. The number of anilines is 1. The summed E-state index contributed by atoms with van der Waals surface area (Å²) < 4.78 is 5.39. The van der Waals surface area contributed by atoms with E-state index in [9.17, 15) is 4.79 Å². The average molecular weight is 441 g/mol. The summed E-state index contributed by atoms with van der Waals surface area (Å²) in [5, 5.41) is 7.70. The van der Waals surface area contributed by atoms with Crippen molar-refractivity contribution < 1.29 is 9.32 Å². The molecular weight excluding hydrogens is 412 g/mol.